The quantitative estimate of drug-likeness (QED) is 0.447. The maximum absolute atomic E-state index is 12.4. The van der Waals surface area contributed by atoms with Crippen molar-refractivity contribution in [2.24, 2.45) is 0 Å². The molecule has 0 aliphatic heterocycles. The van der Waals surface area contributed by atoms with Crippen LogP contribution in [0.5, 0.6) is 5.75 Å². The molecule has 1 amide bonds. The average molecular weight is 388 g/mol. The number of halogens is 2. The molecule has 1 aliphatic rings. The molecule has 1 saturated carbocycles. The molecule has 7 heteroatoms. The summed E-state index contributed by atoms with van der Waals surface area (Å²) in [6.45, 7) is 2.95. The van der Waals surface area contributed by atoms with Crippen LogP contribution >= 0.6 is 23.2 Å². The summed E-state index contributed by atoms with van der Waals surface area (Å²) < 4.78 is 10.5. The predicted molar refractivity (Wildman–Crippen MR) is 97.2 cm³/mol. The van der Waals surface area contributed by atoms with Crippen LogP contribution in [-0.2, 0) is 14.3 Å². The minimum atomic E-state index is -0.262. The van der Waals surface area contributed by atoms with Crippen LogP contribution in [0, 0.1) is 0 Å². The van der Waals surface area contributed by atoms with E-state index in [2.05, 4.69) is 0 Å². The van der Waals surface area contributed by atoms with Crippen molar-refractivity contribution in [2.75, 3.05) is 19.8 Å². The molecule has 0 aromatic heterocycles. The fourth-order valence-electron chi connectivity index (χ4n) is 2.48. The largest absolute Gasteiger partial charge is 0.492 e. The van der Waals surface area contributed by atoms with E-state index in [1.807, 2.05) is 0 Å². The van der Waals surface area contributed by atoms with Gasteiger partial charge < -0.3 is 14.4 Å². The van der Waals surface area contributed by atoms with Crippen LogP contribution in [0.1, 0.15) is 39.0 Å². The third-order valence-electron chi connectivity index (χ3n) is 3.86. The summed E-state index contributed by atoms with van der Waals surface area (Å²) in [6.07, 6.45) is 3.22. The van der Waals surface area contributed by atoms with Gasteiger partial charge in [-0.15, -0.1) is 0 Å². The zero-order chi connectivity index (χ0) is 18.2. The van der Waals surface area contributed by atoms with E-state index in [1.165, 1.54) is 0 Å². The first-order valence-electron chi connectivity index (χ1n) is 8.54. The van der Waals surface area contributed by atoms with Crippen LogP contribution in [-0.4, -0.2) is 42.6 Å². The molecule has 0 bridgehead atoms. The van der Waals surface area contributed by atoms with Gasteiger partial charge in [-0.3, -0.25) is 9.59 Å². The van der Waals surface area contributed by atoms with Gasteiger partial charge in [-0.1, -0.05) is 23.2 Å². The van der Waals surface area contributed by atoms with Crippen molar-refractivity contribution < 1.29 is 19.1 Å². The smallest absolute Gasteiger partial charge is 0.307 e. The number of nitrogens with zero attached hydrogens (tertiary/aromatic N) is 1. The number of hydrogen-bond donors (Lipinski definition) is 0. The fourth-order valence-corrected chi connectivity index (χ4v) is 2.95. The monoisotopic (exact) mass is 387 g/mol. The Morgan fingerprint density at radius 1 is 1.24 bits per heavy atom. The first kappa shape index (κ1) is 19.9. The third kappa shape index (κ3) is 6.75. The Morgan fingerprint density at radius 3 is 2.64 bits per heavy atom. The van der Waals surface area contributed by atoms with Crippen LogP contribution in [0.15, 0.2) is 18.2 Å². The Hall–Kier alpha value is -1.46. The molecule has 1 aromatic carbocycles. The molecule has 0 atom stereocenters. The molecule has 0 N–H and O–H groups in total. The van der Waals surface area contributed by atoms with E-state index in [4.69, 9.17) is 32.7 Å². The molecule has 2 rings (SSSR count). The van der Waals surface area contributed by atoms with Gasteiger partial charge in [0, 0.05) is 24.0 Å². The van der Waals surface area contributed by atoms with Crippen LogP contribution in [0.25, 0.3) is 0 Å². The van der Waals surface area contributed by atoms with Crippen molar-refractivity contribution in [3.63, 3.8) is 0 Å². The lowest BCUT2D eigenvalue weighted by molar-refractivity contribution is -0.144. The zero-order valence-corrected chi connectivity index (χ0v) is 15.8. The number of amides is 1. The molecular weight excluding hydrogens is 365 g/mol. The van der Waals surface area contributed by atoms with Crippen molar-refractivity contribution in [2.45, 2.75) is 45.1 Å². The molecule has 0 heterocycles. The van der Waals surface area contributed by atoms with Crippen molar-refractivity contribution in [3.05, 3.63) is 28.2 Å². The van der Waals surface area contributed by atoms with Gasteiger partial charge in [0.25, 0.3) is 0 Å². The second-order valence-electron chi connectivity index (χ2n) is 5.90. The summed E-state index contributed by atoms with van der Waals surface area (Å²) in [5, 5.41) is 1.00. The summed E-state index contributed by atoms with van der Waals surface area (Å²) in [4.78, 5) is 25.7. The van der Waals surface area contributed by atoms with Crippen molar-refractivity contribution in [1.29, 1.82) is 0 Å². The lowest BCUT2D eigenvalue weighted by Gasteiger charge is -2.22. The van der Waals surface area contributed by atoms with Crippen molar-refractivity contribution in [1.82, 2.24) is 4.90 Å². The molecule has 0 radical (unpaired) electrons. The lowest BCUT2D eigenvalue weighted by atomic mass is 10.2. The number of esters is 1. The summed E-state index contributed by atoms with van der Waals surface area (Å²) in [7, 11) is 0. The van der Waals surface area contributed by atoms with Crippen molar-refractivity contribution in [3.8, 4) is 5.75 Å². The maximum atomic E-state index is 12.4. The summed E-state index contributed by atoms with van der Waals surface area (Å²) in [5.41, 5.74) is 0. The summed E-state index contributed by atoms with van der Waals surface area (Å²) in [5.74, 6) is 0.346. The van der Waals surface area contributed by atoms with E-state index in [-0.39, 0.29) is 24.3 Å². The van der Waals surface area contributed by atoms with E-state index in [1.54, 1.807) is 30.0 Å². The summed E-state index contributed by atoms with van der Waals surface area (Å²) >= 11 is 11.9. The van der Waals surface area contributed by atoms with E-state index >= 15 is 0 Å². The molecule has 1 fully saturated rings. The second kappa shape index (κ2) is 9.88. The molecule has 1 aromatic rings. The van der Waals surface area contributed by atoms with Gasteiger partial charge in [0.2, 0.25) is 5.91 Å². The van der Waals surface area contributed by atoms with Crippen LogP contribution in [0.3, 0.4) is 0 Å². The number of ether oxygens (including phenoxy) is 2. The topological polar surface area (TPSA) is 55.8 Å². The Balaban J connectivity index is 1.72. The number of carbonyl (C=O) groups is 2. The highest BCUT2D eigenvalue weighted by molar-refractivity contribution is 6.35. The Bertz CT molecular complexity index is 605. The predicted octanol–water partition coefficient (Wildman–Crippen LogP) is 4.10. The normalized spacial score (nSPS) is 13.4. The van der Waals surface area contributed by atoms with Crippen LogP contribution in [0.2, 0.25) is 10.0 Å². The lowest BCUT2D eigenvalue weighted by Crippen LogP contribution is -2.35. The van der Waals surface area contributed by atoms with Gasteiger partial charge in [0.1, 0.15) is 5.75 Å². The van der Waals surface area contributed by atoms with Gasteiger partial charge in [0.15, 0.2) is 0 Å². The Kier molecular flexibility index (Phi) is 7.85. The highest BCUT2D eigenvalue weighted by Crippen LogP contribution is 2.29. The average Bonchev–Trinajstić information content (AvgIpc) is 3.38. The molecule has 0 spiro atoms. The molecule has 0 unspecified atom stereocenters. The standard InChI is InChI=1S/C18H23Cl2NO4/c1-2-24-18(23)9-10-21(14-6-7-14)17(22)4-3-11-25-16-8-5-13(19)12-15(16)20/h5,8,12,14H,2-4,6-7,9-11H2,1H3. The van der Waals surface area contributed by atoms with Gasteiger partial charge in [-0.2, -0.15) is 0 Å². The zero-order valence-electron chi connectivity index (χ0n) is 14.3. The first-order valence-corrected chi connectivity index (χ1v) is 9.29. The molecule has 25 heavy (non-hydrogen) atoms. The Morgan fingerprint density at radius 2 is 2.00 bits per heavy atom. The number of rotatable bonds is 10. The van der Waals surface area contributed by atoms with Crippen LogP contribution in [0.4, 0.5) is 0 Å². The van der Waals surface area contributed by atoms with Gasteiger partial charge in [-0.05, 0) is 44.4 Å². The minimum Gasteiger partial charge on any atom is -0.492 e. The van der Waals surface area contributed by atoms with Gasteiger partial charge in [0.05, 0.1) is 24.7 Å². The fraction of sp³-hybridized carbons (Fsp3) is 0.556. The van der Waals surface area contributed by atoms with Gasteiger partial charge in [-0.25, -0.2) is 0 Å². The maximum Gasteiger partial charge on any atom is 0.307 e. The molecule has 1 aliphatic carbocycles. The Labute approximate surface area is 158 Å². The number of carbonyl (C=O) groups excluding carboxylic acids is 2. The summed E-state index contributed by atoms with van der Waals surface area (Å²) in [6, 6.07) is 5.31. The second-order valence-corrected chi connectivity index (χ2v) is 6.74. The highest BCUT2D eigenvalue weighted by atomic mass is 35.5. The molecular formula is C18H23Cl2NO4. The highest BCUT2D eigenvalue weighted by Gasteiger charge is 2.32. The number of hydrogen-bond acceptors (Lipinski definition) is 4. The van der Waals surface area contributed by atoms with E-state index in [0.29, 0.717) is 48.4 Å². The SMILES string of the molecule is CCOC(=O)CCN(C(=O)CCCOc1ccc(Cl)cc1Cl)C1CC1. The van der Waals surface area contributed by atoms with E-state index < -0.39 is 0 Å². The molecule has 0 saturated heterocycles. The van der Waals surface area contributed by atoms with Gasteiger partial charge >= 0.3 is 5.97 Å². The van der Waals surface area contributed by atoms with Crippen molar-refractivity contribution >= 4 is 35.1 Å². The van der Waals surface area contributed by atoms with Crippen LogP contribution < -0.4 is 4.74 Å². The van der Waals surface area contributed by atoms with E-state index in [0.717, 1.165) is 12.8 Å². The van der Waals surface area contributed by atoms with E-state index in [9.17, 15) is 9.59 Å². The molecule has 138 valence electrons. The minimum absolute atomic E-state index is 0.0533. The number of benzene rings is 1. The first-order chi connectivity index (χ1) is 12.0. The third-order valence-corrected chi connectivity index (χ3v) is 4.39. The molecule has 5 nitrogen and oxygen atoms in total.